The van der Waals surface area contributed by atoms with Crippen molar-refractivity contribution in [1.29, 1.82) is 0 Å². The molecule has 2 N–H and O–H groups in total. The van der Waals surface area contributed by atoms with Crippen LogP contribution >= 0.6 is 15.9 Å². The van der Waals surface area contributed by atoms with E-state index in [9.17, 15) is 4.57 Å². The lowest BCUT2D eigenvalue weighted by Gasteiger charge is -2.22. The van der Waals surface area contributed by atoms with E-state index < -0.39 is 15.9 Å². The van der Waals surface area contributed by atoms with Crippen LogP contribution in [0.15, 0.2) is 0 Å². The molecule has 3 unspecified atom stereocenters. The molecule has 1 fully saturated rings. The topological polar surface area (TPSA) is 58.8 Å². The minimum Gasteiger partial charge on any atom is -0.286 e. The highest BCUT2D eigenvalue weighted by molar-refractivity contribution is 7.48. The molecular weight excluding hydrogens is 232 g/mol. The fraction of sp³-hybridized carbons (Fsp3) is 0.875. The van der Waals surface area contributed by atoms with Crippen LogP contribution in [0.4, 0.5) is 0 Å². The zero-order chi connectivity index (χ0) is 11.4. The van der Waals surface area contributed by atoms with E-state index in [2.05, 4.69) is 11.0 Å². The quantitative estimate of drug-likeness (QED) is 0.756. The van der Waals surface area contributed by atoms with Gasteiger partial charge in [0.25, 0.3) is 0 Å². The molecule has 7 heteroatoms. The van der Waals surface area contributed by atoms with Gasteiger partial charge in [0.15, 0.2) is 0 Å². The molecule has 0 bridgehead atoms. The van der Waals surface area contributed by atoms with Crippen molar-refractivity contribution in [3.8, 4) is 0 Å². The minimum atomic E-state index is -1.42. The van der Waals surface area contributed by atoms with Gasteiger partial charge in [-0.15, -0.1) is 4.67 Å². The zero-order valence-corrected chi connectivity index (χ0v) is 11.1. The molecule has 5 nitrogen and oxygen atoms in total. The second-order valence-electron chi connectivity index (χ2n) is 3.49. The van der Waals surface area contributed by atoms with E-state index in [1.54, 1.807) is 14.0 Å². The number of nitrogens with two attached hydrogens (primary N) is 1. The number of piperazine rings is 1. The van der Waals surface area contributed by atoms with E-state index in [1.807, 2.05) is 4.67 Å². The summed E-state index contributed by atoms with van der Waals surface area (Å²) in [6.45, 7) is 5.07. The predicted octanol–water partition coefficient (Wildman–Crippen LogP) is 1.04. The lowest BCUT2D eigenvalue weighted by molar-refractivity contribution is 0.268. The molecular formula is C8H19N3O2P2+2. The Morgan fingerprint density at radius 2 is 1.80 bits per heavy atom. The van der Waals surface area contributed by atoms with Crippen LogP contribution in [-0.2, 0) is 9.09 Å². The summed E-state index contributed by atoms with van der Waals surface area (Å²) in [6.07, 6.45) is 3.94. The molecule has 0 amide bonds. The maximum Gasteiger partial charge on any atom is 0.453 e. The van der Waals surface area contributed by atoms with E-state index in [0.29, 0.717) is 0 Å². The molecule has 0 spiro atoms. The van der Waals surface area contributed by atoms with Gasteiger partial charge in [-0.25, -0.2) is 0 Å². The lowest BCUT2D eigenvalue weighted by atomic mass is 10.4. The predicted molar refractivity (Wildman–Crippen MR) is 65.5 cm³/mol. The van der Waals surface area contributed by atoms with Gasteiger partial charge in [-0.05, 0) is 11.5 Å². The SMILES string of the molecule is C=[P+](OC)N1CCN([P+](=O)C(C)N)CC1. The Kier molecular flexibility index (Phi) is 5.27. The van der Waals surface area contributed by atoms with Gasteiger partial charge >= 0.3 is 15.9 Å². The summed E-state index contributed by atoms with van der Waals surface area (Å²) in [5.74, 6) is -0.254. The van der Waals surface area contributed by atoms with Crippen LogP contribution in [0.25, 0.3) is 0 Å². The third-order valence-electron chi connectivity index (χ3n) is 2.39. The Hall–Kier alpha value is 0.110. The molecule has 15 heavy (non-hydrogen) atoms. The van der Waals surface area contributed by atoms with Gasteiger partial charge in [-0.3, -0.25) is 5.73 Å². The second-order valence-corrected chi connectivity index (χ2v) is 7.11. The Balaban J connectivity index is 2.42. The Labute approximate surface area is 92.9 Å². The Morgan fingerprint density at radius 3 is 2.20 bits per heavy atom. The smallest absolute Gasteiger partial charge is 0.286 e. The molecule has 1 saturated heterocycles. The van der Waals surface area contributed by atoms with Gasteiger partial charge in [0.1, 0.15) is 6.30 Å². The molecule has 0 aromatic heterocycles. The molecule has 1 heterocycles. The fourth-order valence-electron chi connectivity index (χ4n) is 1.48. The number of nitrogens with zero attached hydrogens (tertiary/aromatic N) is 2. The molecule has 0 aromatic carbocycles. The standard InChI is InChI=1S/C8H19N3O2P2/c1-8(9)15(12)11-6-4-10(5-7-11)14(3)13-2/h8H,3-7,9H2,1-2H3/q+2. The molecule has 1 rings (SSSR count). The first-order valence-corrected chi connectivity index (χ1v) is 7.60. The monoisotopic (exact) mass is 251 g/mol. The summed E-state index contributed by atoms with van der Waals surface area (Å²) in [4.78, 5) is 0. The summed E-state index contributed by atoms with van der Waals surface area (Å²) < 4.78 is 21.1. The van der Waals surface area contributed by atoms with Crippen LogP contribution in [0.1, 0.15) is 6.92 Å². The van der Waals surface area contributed by atoms with Gasteiger partial charge in [0.05, 0.1) is 33.3 Å². The second kappa shape index (κ2) is 6.00. The summed E-state index contributed by atoms with van der Waals surface area (Å²) in [5.41, 5.74) is 5.62. The van der Waals surface area contributed by atoms with Crippen molar-refractivity contribution in [2.75, 3.05) is 33.3 Å². The molecule has 1 aliphatic rings. The highest BCUT2D eigenvalue weighted by atomic mass is 31.1. The largest absolute Gasteiger partial charge is 0.453 e. The van der Waals surface area contributed by atoms with Crippen molar-refractivity contribution in [2.45, 2.75) is 12.7 Å². The van der Waals surface area contributed by atoms with Crippen molar-refractivity contribution in [2.24, 2.45) is 5.73 Å². The summed E-state index contributed by atoms with van der Waals surface area (Å²) in [5, 5.41) is 0. The van der Waals surface area contributed by atoms with Gasteiger partial charge in [0.2, 0.25) is 5.78 Å². The van der Waals surface area contributed by atoms with Crippen molar-refractivity contribution in [3.63, 3.8) is 0 Å². The molecule has 0 saturated carbocycles. The molecule has 0 aromatic rings. The third-order valence-corrected chi connectivity index (χ3v) is 5.49. The van der Waals surface area contributed by atoms with E-state index in [0.717, 1.165) is 26.2 Å². The third kappa shape index (κ3) is 3.56. The summed E-state index contributed by atoms with van der Waals surface area (Å²) >= 11 is 0. The lowest BCUT2D eigenvalue weighted by Crippen LogP contribution is -2.41. The molecule has 1 aliphatic heterocycles. The number of hydrogen-bond acceptors (Lipinski definition) is 4. The maximum atomic E-state index is 11.7. The highest BCUT2D eigenvalue weighted by Gasteiger charge is 2.37. The summed E-state index contributed by atoms with van der Waals surface area (Å²) in [7, 11) is -0.465. The van der Waals surface area contributed by atoms with E-state index >= 15 is 0 Å². The number of rotatable bonds is 4. The van der Waals surface area contributed by atoms with Crippen LogP contribution in [-0.4, -0.2) is 54.7 Å². The summed E-state index contributed by atoms with van der Waals surface area (Å²) in [6, 6.07) is 0. The zero-order valence-electron chi connectivity index (χ0n) is 9.30. The normalized spacial score (nSPS) is 23.7. The first kappa shape index (κ1) is 13.2. The molecule has 3 atom stereocenters. The average molecular weight is 251 g/mol. The average Bonchev–Trinajstić information content (AvgIpc) is 2.27. The number of hydrogen-bond donors (Lipinski definition) is 1. The Morgan fingerprint density at radius 1 is 1.33 bits per heavy atom. The van der Waals surface area contributed by atoms with Crippen LogP contribution < -0.4 is 5.73 Å². The van der Waals surface area contributed by atoms with Gasteiger partial charge in [-0.1, -0.05) is 4.67 Å². The van der Waals surface area contributed by atoms with E-state index in [4.69, 9.17) is 10.3 Å². The van der Waals surface area contributed by atoms with Gasteiger partial charge in [0, 0.05) is 0 Å². The van der Waals surface area contributed by atoms with Crippen LogP contribution in [0.2, 0.25) is 0 Å². The maximum absolute atomic E-state index is 11.7. The molecule has 0 aliphatic carbocycles. The fourth-order valence-corrected chi connectivity index (χ4v) is 3.42. The van der Waals surface area contributed by atoms with Crippen LogP contribution in [0, 0.1) is 0 Å². The first-order chi connectivity index (χ1) is 7.06. The molecule has 0 radical (unpaired) electrons. The Bertz CT molecular complexity index is 252. The minimum absolute atomic E-state index is 0.254. The van der Waals surface area contributed by atoms with E-state index in [-0.39, 0.29) is 5.78 Å². The highest BCUT2D eigenvalue weighted by Crippen LogP contribution is 2.34. The molecule has 86 valence electrons. The van der Waals surface area contributed by atoms with Crippen molar-refractivity contribution < 1.29 is 9.09 Å². The van der Waals surface area contributed by atoms with Crippen LogP contribution in [0.3, 0.4) is 0 Å². The van der Waals surface area contributed by atoms with Crippen LogP contribution in [0.5, 0.6) is 0 Å². The first-order valence-electron chi connectivity index (χ1n) is 4.92. The van der Waals surface area contributed by atoms with Gasteiger partial charge in [-0.2, -0.15) is 4.52 Å². The van der Waals surface area contributed by atoms with Gasteiger partial charge < -0.3 is 0 Å². The van der Waals surface area contributed by atoms with Crippen molar-refractivity contribution >= 4 is 22.2 Å². The van der Waals surface area contributed by atoms with Crippen molar-refractivity contribution in [1.82, 2.24) is 9.34 Å². The van der Waals surface area contributed by atoms with Crippen molar-refractivity contribution in [3.05, 3.63) is 0 Å². The van der Waals surface area contributed by atoms with E-state index in [1.165, 1.54) is 0 Å².